The SMILES string of the molecule is CC(=O)c1ccc(Cl)c(Nc2cccnc2)c1. The van der Waals surface area contributed by atoms with Gasteiger partial charge in [0.2, 0.25) is 0 Å². The molecular weight excluding hydrogens is 236 g/mol. The van der Waals surface area contributed by atoms with Crippen molar-refractivity contribution in [3.63, 3.8) is 0 Å². The zero-order chi connectivity index (χ0) is 12.3. The van der Waals surface area contributed by atoms with Crippen LogP contribution in [0.5, 0.6) is 0 Å². The number of aromatic nitrogens is 1. The highest BCUT2D eigenvalue weighted by molar-refractivity contribution is 6.33. The van der Waals surface area contributed by atoms with Crippen LogP contribution in [0.3, 0.4) is 0 Å². The van der Waals surface area contributed by atoms with E-state index in [1.54, 1.807) is 30.6 Å². The number of halogens is 1. The zero-order valence-electron chi connectivity index (χ0n) is 9.27. The average Bonchev–Trinajstić information content (AvgIpc) is 2.33. The number of carbonyl (C=O) groups is 1. The van der Waals surface area contributed by atoms with Crippen molar-refractivity contribution < 1.29 is 4.79 Å². The van der Waals surface area contributed by atoms with Crippen molar-refractivity contribution in [2.24, 2.45) is 0 Å². The summed E-state index contributed by atoms with van der Waals surface area (Å²) in [6, 6.07) is 8.85. The van der Waals surface area contributed by atoms with Crippen LogP contribution in [0.25, 0.3) is 0 Å². The molecule has 1 N–H and O–H groups in total. The third-order valence-corrected chi connectivity index (χ3v) is 2.64. The molecule has 1 heterocycles. The van der Waals surface area contributed by atoms with Gasteiger partial charge in [0.1, 0.15) is 0 Å². The van der Waals surface area contributed by atoms with E-state index >= 15 is 0 Å². The van der Waals surface area contributed by atoms with E-state index in [9.17, 15) is 4.79 Å². The molecule has 4 heteroatoms. The Labute approximate surface area is 104 Å². The van der Waals surface area contributed by atoms with Crippen molar-refractivity contribution in [3.05, 3.63) is 53.3 Å². The first-order chi connectivity index (χ1) is 8.16. The second-order valence-corrected chi connectivity index (χ2v) is 4.02. The Balaban J connectivity index is 2.32. The molecule has 0 fully saturated rings. The maximum atomic E-state index is 11.3. The molecule has 2 aromatic rings. The lowest BCUT2D eigenvalue weighted by Gasteiger charge is -2.09. The average molecular weight is 247 g/mol. The second-order valence-electron chi connectivity index (χ2n) is 3.62. The summed E-state index contributed by atoms with van der Waals surface area (Å²) in [5.74, 6) is 0.0101. The molecule has 0 bridgehead atoms. The van der Waals surface area contributed by atoms with E-state index in [1.807, 2.05) is 12.1 Å². The number of hydrogen-bond acceptors (Lipinski definition) is 3. The van der Waals surface area contributed by atoms with Gasteiger partial charge in [0, 0.05) is 11.8 Å². The minimum absolute atomic E-state index is 0.0101. The van der Waals surface area contributed by atoms with Gasteiger partial charge in [-0.2, -0.15) is 0 Å². The van der Waals surface area contributed by atoms with E-state index in [4.69, 9.17) is 11.6 Å². The third-order valence-electron chi connectivity index (χ3n) is 2.31. The van der Waals surface area contributed by atoms with Crippen LogP contribution in [-0.2, 0) is 0 Å². The number of nitrogens with one attached hydrogen (secondary N) is 1. The highest BCUT2D eigenvalue weighted by Gasteiger charge is 2.05. The molecule has 1 aromatic carbocycles. The highest BCUT2D eigenvalue weighted by atomic mass is 35.5. The van der Waals surface area contributed by atoms with Crippen LogP contribution < -0.4 is 5.32 Å². The number of hydrogen-bond donors (Lipinski definition) is 1. The topological polar surface area (TPSA) is 42.0 Å². The van der Waals surface area contributed by atoms with Crippen LogP contribution in [-0.4, -0.2) is 10.8 Å². The molecule has 0 unspecified atom stereocenters. The van der Waals surface area contributed by atoms with Gasteiger partial charge < -0.3 is 5.32 Å². The molecule has 0 saturated heterocycles. The van der Waals surface area contributed by atoms with E-state index in [0.29, 0.717) is 16.3 Å². The Morgan fingerprint density at radius 2 is 2.18 bits per heavy atom. The molecule has 0 spiro atoms. The van der Waals surface area contributed by atoms with E-state index in [-0.39, 0.29) is 5.78 Å². The molecule has 0 radical (unpaired) electrons. The minimum Gasteiger partial charge on any atom is -0.353 e. The highest BCUT2D eigenvalue weighted by Crippen LogP contribution is 2.26. The van der Waals surface area contributed by atoms with Crippen LogP contribution in [0, 0.1) is 0 Å². The van der Waals surface area contributed by atoms with E-state index in [0.717, 1.165) is 5.69 Å². The molecule has 0 amide bonds. The molecule has 0 aliphatic rings. The minimum atomic E-state index is 0.0101. The Morgan fingerprint density at radius 1 is 1.35 bits per heavy atom. The summed E-state index contributed by atoms with van der Waals surface area (Å²) in [5.41, 5.74) is 2.16. The number of benzene rings is 1. The number of carbonyl (C=O) groups excluding carboxylic acids is 1. The van der Waals surface area contributed by atoms with Gasteiger partial charge in [-0.1, -0.05) is 11.6 Å². The lowest BCUT2D eigenvalue weighted by atomic mass is 10.1. The van der Waals surface area contributed by atoms with Gasteiger partial charge in [-0.25, -0.2) is 0 Å². The Bertz CT molecular complexity index is 540. The second kappa shape index (κ2) is 4.97. The molecule has 0 aliphatic carbocycles. The van der Waals surface area contributed by atoms with Gasteiger partial charge in [-0.3, -0.25) is 9.78 Å². The Morgan fingerprint density at radius 3 is 2.82 bits per heavy atom. The van der Waals surface area contributed by atoms with Crippen molar-refractivity contribution in [2.75, 3.05) is 5.32 Å². The number of nitrogens with zero attached hydrogens (tertiary/aromatic N) is 1. The van der Waals surface area contributed by atoms with Crippen LogP contribution >= 0.6 is 11.6 Å². The van der Waals surface area contributed by atoms with E-state index in [1.165, 1.54) is 6.92 Å². The first kappa shape index (κ1) is 11.6. The number of rotatable bonds is 3. The molecular formula is C13H11ClN2O. The number of anilines is 2. The summed E-state index contributed by atoms with van der Waals surface area (Å²) in [7, 11) is 0. The first-order valence-corrected chi connectivity index (χ1v) is 5.52. The molecule has 3 nitrogen and oxygen atoms in total. The lowest BCUT2D eigenvalue weighted by Crippen LogP contribution is -1.96. The first-order valence-electron chi connectivity index (χ1n) is 5.14. The Hall–Kier alpha value is -1.87. The smallest absolute Gasteiger partial charge is 0.159 e. The Kier molecular flexibility index (Phi) is 3.40. The van der Waals surface area contributed by atoms with Gasteiger partial charge in [0.15, 0.2) is 5.78 Å². The molecule has 0 aliphatic heterocycles. The lowest BCUT2D eigenvalue weighted by molar-refractivity contribution is 0.101. The van der Waals surface area contributed by atoms with Crippen molar-refractivity contribution in [1.82, 2.24) is 4.98 Å². The largest absolute Gasteiger partial charge is 0.353 e. The van der Waals surface area contributed by atoms with E-state index in [2.05, 4.69) is 10.3 Å². The summed E-state index contributed by atoms with van der Waals surface area (Å²) >= 11 is 6.06. The van der Waals surface area contributed by atoms with E-state index < -0.39 is 0 Å². The predicted octanol–water partition coefficient (Wildman–Crippen LogP) is 3.68. The summed E-state index contributed by atoms with van der Waals surface area (Å²) < 4.78 is 0. The molecule has 0 saturated carbocycles. The van der Waals surface area contributed by atoms with Crippen LogP contribution in [0.4, 0.5) is 11.4 Å². The van der Waals surface area contributed by atoms with Gasteiger partial charge in [-0.05, 0) is 37.3 Å². The molecule has 1 aromatic heterocycles. The summed E-state index contributed by atoms with van der Waals surface area (Å²) in [5, 5.41) is 3.69. The number of ketones is 1. The van der Waals surface area contributed by atoms with Crippen LogP contribution in [0.1, 0.15) is 17.3 Å². The predicted molar refractivity (Wildman–Crippen MR) is 69.0 cm³/mol. The maximum absolute atomic E-state index is 11.3. The molecule has 0 atom stereocenters. The van der Waals surface area contributed by atoms with Gasteiger partial charge in [0.05, 0.1) is 22.6 Å². The van der Waals surface area contributed by atoms with Crippen LogP contribution in [0.15, 0.2) is 42.7 Å². The fourth-order valence-electron chi connectivity index (χ4n) is 1.43. The van der Waals surface area contributed by atoms with Crippen LogP contribution in [0.2, 0.25) is 5.02 Å². The summed E-state index contributed by atoms with van der Waals surface area (Å²) in [4.78, 5) is 15.3. The summed E-state index contributed by atoms with van der Waals surface area (Å²) in [6.07, 6.45) is 3.38. The standard InChI is InChI=1S/C13H11ClN2O/c1-9(17)10-4-5-12(14)13(7-10)16-11-3-2-6-15-8-11/h2-8,16H,1H3. The van der Waals surface area contributed by atoms with Crippen molar-refractivity contribution in [1.29, 1.82) is 0 Å². The molecule has 86 valence electrons. The van der Waals surface area contributed by atoms with Gasteiger partial charge in [-0.15, -0.1) is 0 Å². The van der Waals surface area contributed by atoms with Crippen molar-refractivity contribution in [3.8, 4) is 0 Å². The van der Waals surface area contributed by atoms with Gasteiger partial charge >= 0.3 is 0 Å². The fraction of sp³-hybridized carbons (Fsp3) is 0.0769. The quantitative estimate of drug-likeness (QED) is 0.840. The monoisotopic (exact) mass is 246 g/mol. The number of Topliss-reactive ketones (excluding diaryl/α,β-unsaturated/α-hetero) is 1. The summed E-state index contributed by atoms with van der Waals surface area (Å²) in [6.45, 7) is 1.52. The van der Waals surface area contributed by atoms with Crippen molar-refractivity contribution >= 4 is 28.8 Å². The maximum Gasteiger partial charge on any atom is 0.159 e. The molecule has 2 rings (SSSR count). The normalized spacial score (nSPS) is 10.0. The fourth-order valence-corrected chi connectivity index (χ4v) is 1.60. The number of pyridine rings is 1. The van der Waals surface area contributed by atoms with Gasteiger partial charge in [0.25, 0.3) is 0 Å². The van der Waals surface area contributed by atoms with Crippen molar-refractivity contribution in [2.45, 2.75) is 6.92 Å². The molecule has 17 heavy (non-hydrogen) atoms. The zero-order valence-corrected chi connectivity index (χ0v) is 10.0. The third kappa shape index (κ3) is 2.82.